The molecule has 1 aliphatic rings. The molecule has 146 valence electrons. The Bertz CT molecular complexity index is 983. The van der Waals surface area contributed by atoms with Crippen LogP contribution in [-0.4, -0.2) is 41.5 Å². The zero-order valence-electron chi connectivity index (χ0n) is 16.1. The smallest absolute Gasteiger partial charge is 0.280 e. The fourth-order valence-electron chi connectivity index (χ4n) is 3.22. The summed E-state index contributed by atoms with van der Waals surface area (Å²) >= 11 is 0. The van der Waals surface area contributed by atoms with Crippen LogP contribution in [0.15, 0.2) is 24.4 Å². The molecule has 1 amide bonds. The number of aryl methyl sites for hydroxylation is 3. The van der Waals surface area contributed by atoms with Crippen molar-refractivity contribution >= 4 is 21.8 Å². The highest BCUT2D eigenvalue weighted by molar-refractivity contribution is 7.87. The normalized spacial score (nSPS) is 22.6. The number of carbonyl (C=O) groups is 1. The third kappa shape index (κ3) is 3.76. The maximum absolute atomic E-state index is 12.9. The molecule has 2 N–H and O–H groups in total. The van der Waals surface area contributed by atoms with Crippen molar-refractivity contribution < 1.29 is 13.2 Å². The molecule has 1 fully saturated rings. The second-order valence-corrected chi connectivity index (χ2v) is 8.80. The molecule has 2 heterocycles. The number of benzene rings is 1. The van der Waals surface area contributed by atoms with Crippen LogP contribution in [0.5, 0.6) is 0 Å². The highest BCUT2D eigenvalue weighted by atomic mass is 32.2. The Morgan fingerprint density at radius 1 is 1.22 bits per heavy atom. The molecular formula is C18H25N5O3S. The van der Waals surface area contributed by atoms with Crippen LogP contribution in [0.3, 0.4) is 0 Å². The Balaban J connectivity index is 1.86. The van der Waals surface area contributed by atoms with Gasteiger partial charge in [-0.15, -0.1) is 0 Å². The first-order chi connectivity index (χ1) is 12.6. The van der Waals surface area contributed by atoms with Crippen LogP contribution in [0.1, 0.15) is 34.8 Å². The zero-order valence-corrected chi connectivity index (χ0v) is 17.0. The van der Waals surface area contributed by atoms with Gasteiger partial charge in [0.05, 0.1) is 12.2 Å². The first-order valence-electron chi connectivity index (χ1n) is 8.72. The number of rotatable bonds is 3. The van der Waals surface area contributed by atoms with Crippen molar-refractivity contribution in [3.8, 4) is 0 Å². The molecule has 2 aromatic rings. The van der Waals surface area contributed by atoms with Crippen LogP contribution in [0.25, 0.3) is 0 Å². The van der Waals surface area contributed by atoms with Crippen LogP contribution in [-0.2, 0) is 22.1 Å². The lowest BCUT2D eigenvalue weighted by molar-refractivity contribution is -0.120. The molecule has 1 aromatic heterocycles. The van der Waals surface area contributed by atoms with Gasteiger partial charge in [-0.2, -0.15) is 22.5 Å². The molecule has 0 aliphatic carbocycles. The van der Waals surface area contributed by atoms with Crippen molar-refractivity contribution in [1.82, 2.24) is 18.8 Å². The van der Waals surface area contributed by atoms with E-state index in [1.807, 2.05) is 39.0 Å². The third-order valence-corrected chi connectivity index (χ3v) is 6.89. The lowest BCUT2D eigenvalue weighted by Gasteiger charge is -2.36. The van der Waals surface area contributed by atoms with Gasteiger partial charge < -0.3 is 5.32 Å². The van der Waals surface area contributed by atoms with Crippen molar-refractivity contribution in [3.63, 3.8) is 0 Å². The molecule has 0 unspecified atom stereocenters. The van der Waals surface area contributed by atoms with Crippen molar-refractivity contribution in [3.05, 3.63) is 46.8 Å². The molecule has 0 spiro atoms. The number of carbonyl (C=O) groups excluding carboxylic acids is 1. The second-order valence-electron chi connectivity index (χ2n) is 7.04. The topological polar surface area (TPSA) is 96.3 Å². The summed E-state index contributed by atoms with van der Waals surface area (Å²) in [4.78, 5) is 12.9. The van der Waals surface area contributed by atoms with Gasteiger partial charge >= 0.3 is 0 Å². The minimum Gasteiger partial charge on any atom is -0.325 e. The quantitative estimate of drug-likeness (QED) is 0.830. The molecule has 27 heavy (non-hydrogen) atoms. The van der Waals surface area contributed by atoms with E-state index in [1.54, 1.807) is 17.9 Å². The molecule has 2 atom stereocenters. The minimum absolute atomic E-state index is 0.318. The number of likely N-dealkylation sites (N-methyl/N-ethyl adjacent to an activating group) is 1. The van der Waals surface area contributed by atoms with E-state index in [4.69, 9.17) is 0 Å². The van der Waals surface area contributed by atoms with E-state index in [0.717, 1.165) is 26.7 Å². The van der Waals surface area contributed by atoms with Crippen molar-refractivity contribution in [2.75, 3.05) is 12.4 Å². The standard InChI is InChI=1S/C18H25N5O3S/c1-11-6-7-14(8-12(11)2)20-18(24)17-9-16(21-27(25,26)23(17)5)15-10-19-22(4)13(15)3/h6-8,10,16-17,21H,9H2,1-5H3,(H,20,24)/t16-,17-/m0/s1. The molecule has 8 nitrogen and oxygen atoms in total. The largest absolute Gasteiger partial charge is 0.325 e. The van der Waals surface area contributed by atoms with Crippen LogP contribution >= 0.6 is 0 Å². The van der Waals surface area contributed by atoms with Crippen LogP contribution in [0, 0.1) is 20.8 Å². The van der Waals surface area contributed by atoms with Gasteiger partial charge in [-0.1, -0.05) is 6.07 Å². The highest BCUT2D eigenvalue weighted by Crippen LogP contribution is 2.30. The van der Waals surface area contributed by atoms with Gasteiger partial charge in [0.2, 0.25) is 5.91 Å². The average molecular weight is 391 g/mol. The van der Waals surface area contributed by atoms with Crippen LogP contribution in [0.4, 0.5) is 5.69 Å². The highest BCUT2D eigenvalue weighted by Gasteiger charge is 2.41. The summed E-state index contributed by atoms with van der Waals surface area (Å²) in [6, 6.07) is 4.30. The van der Waals surface area contributed by atoms with Crippen molar-refractivity contribution in [1.29, 1.82) is 0 Å². The van der Waals surface area contributed by atoms with E-state index in [9.17, 15) is 13.2 Å². The van der Waals surface area contributed by atoms with Gasteiger partial charge in [0, 0.05) is 31.0 Å². The average Bonchev–Trinajstić information content (AvgIpc) is 2.92. The maximum Gasteiger partial charge on any atom is 0.280 e. The fourth-order valence-corrected chi connectivity index (χ4v) is 4.48. The summed E-state index contributed by atoms with van der Waals surface area (Å²) in [5.41, 5.74) is 4.48. The molecular weight excluding hydrogens is 366 g/mol. The maximum atomic E-state index is 12.9. The van der Waals surface area contributed by atoms with Crippen molar-refractivity contribution in [2.24, 2.45) is 7.05 Å². The van der Waals surface area contributed by atoms with E-state index in [2.05, 4.69) is 15.1 Å². The third-order valence-electron chi connectivity index (χ3n) is 5.29. The van der Waals surface area contributed by atoms with Crippen LogP contribution in [0.2, 0.25) is 0 Å². The van der Waals surface area contributed by atoms with Crippen LogP contribution < -0.4 is 10.0 Å². The van der Waals surface area contributed by atoms with Gasteiger partial charge in [-0.05, 0) is 50.5 Å². The van der Waals surface area contributed by atoms with E-state index in [1.165, 1.54) is 7.05 Å². The fraction of sp³-hybridized carbons (Fsp3) is 0.444. The molecule has 0 saturated carbocycles. The number of hydrogen-bond acceptors (Lipinski definition) is 4. The summed E-state index contributed by atoms with van der Waals surface area (Å²) in [5.74, 6) is -0.350. The van der Waals surface area contributed by atoms with Gasteiger partial charge in [0.1, 0.15) is 6.04 Å². The summed E-state index contributed by atoms with van der Waals surface area (Å²) in [5, 5.41) is 7.03. The summed E-state index contributed by atoms with van der Waals surface area (Å²) in [6.07, 6.45) is 1.96. The van der Waals surface area contributed by atoms with Gasteiger partial charge in [0.15, 0.2) is 0 Å². The van der Waals surface area contributed by atoms with E-state index < -0.39 is 22.3 Å². The lowest BCUT2D eigenvalue weighted by Crippen LogP contribution is -2.56. The Kier molecular flexibility index (Phi) is 5.11. The van der Waals surface area contributed by atoms with Gasteiger partial charge in [-0.3, -0.25) is 9.48 Å². The molecule has 9 heteroatoms. The summed E-state index contributed by atoms with van der Waals surface area (Å²) in [7, 11) is -0.568. The first kappa shape index (κ1) is 19.5. The summed E-state index contributed by atoms with van der Waals surface area (Å²) in [6.45, 7) is 5.83. The minimum atomic E-state index is -3.78. The first-order valence-corrected chi connectivity index (χ1v) is 10.2. The molecule has 3 rings (SSSR count). The number of hydrogen-bond donors (Lipinski definition) is 2. The zero-order chi connectivity index (χ0) is 19.9. The number of aromatic nitrogens is 2. The number of nitrogens with one attached hydrogen (secondary N) is 2. The molecule has 1 aromatic carbocycles. The molecule has 1 saturated heterocycles. The van der Waals surface area contributed by atoms with Crippen molar-refractivity contribution in [2.45, 2.75) is 39.3 Å². The Labute approximate surface area is 159 Å². The predicted molar refractivity (Wildman–Crippen MR) is 103 cm³/mol. The SMILES string of the molecule is Cc1ccc(NC(=O)[C@@H]2C[C@@H](c3cnn(C)c3C)NS(=O)(=O)N2C)cc1C. The monoisotopic (exact) mass is 391 g/mol. The van der Waals surface area contributed by atoms with E-state index in [0.29, 0.717) is 12.1 Å². The van der Waals surface area contributed by atoms with Gasteiger partial charge in [-0.25, -0.2) is 0 Å². The molecule has 0 radical (unpaired) electrons. The van der Waals surface area contributed by atoms with Gasteiger partial charge in [0.25, 0.3) is 10.2 Å². The molecule has 0 bridgehead atoms. The number of amides is 1. The summed E-state index contributed by atoms with van der Waals surface area (Å²) < 4.78 is 30.5. The Morgan fingerprint density at radius 3 is 2.52 bits per heavy atom. The number of anilines is 1. The Hall–Kier alpha value is -2.23. The number of nitrogens with zero attached hydrogens (tertiary/aromatic N) is 3. The van der Waals surface area contributed by atoms with E-state index in [-0.39, 0.29) is 5.91 Å². The predicted octanol–water partition coefficient (Wildman–Crippen LogP) is 1.56. The van der Waals surface area contributed by atoms with E-state index >= 15 is 0 Å². The second kappa shape index (κ2) is 7.06. The lowest BCUT2D eigenvalue weighted by atomic mass is 10.00. The Morgan fingerprint density at radius 2 is 1.93 bits per heavy atom. The molecule has 1 aliphatic heterocycles.